The Hall–Kier alpha value is -0.570. The average Bonchev–Trinajstić information content (AvgIpc) is 2.11. The Kier molecular flexibility index (Phi) is 2.77. The molecule has 1 aliphatic rings. The second-order valence-corrected chi connectivity index (χ2v) is 4.77. The number of hydrogen-bond donors (Lipinski definition) is 1. The second-order valence-electron chi connectivity index (χ2n) is 3.96. The maximum atomic E-state index is 4.39. The summed E-state index contributed by atoms with van der Waals surface area (Å²) in [6.07, 6.45) is 5.07. The molecule has 1 heterocycles. The van der Waals surface area contributed by atoms with E-state index < -0.39 is 0 Å². The fraction of sp³-hybridized carbons (Fsp3) is 0.545. The van der Waals surface area contributed by atoms with Gasteiger partial charge in [0.05, 0.1) is 0 Å². The minimum absolute atomic E-state index is 0.327. The second kappa shape index (κ2) is 3.89. The van der Waals surface area contributed by atoms with E-state index in [9.17, 15) is 0 Å². The Morgan fingerprint density at radius 3 is 2.79 bits per heavy atom. The molecule has 0 bridgehead atoms. The highest BCUT2D eigenvalue weighted by atomic mass is 79.9. The van der Waals surface area contributed by atoms with E-state index in [0.717, 1.165) is 10.4 Å². The number of aromatic nitrogens is 1. The molecule has 14 heavy (non-hydrogen) atoms. The molecule has 1 aromatic heterocycles. The number of pyridine rings is 1. The Bertz CT molecular complexity index is 315. The molecule has 1 aromatic rings. The number of hydrogen-bond acceptors (Lipinski definition) is 2. The molecule has 0 saturated heterocycles. The van der Waals surface area contributed by atoms with Gasteiger partial charge < -0.3 is 5.32 Å². The van der Waals surface area contributed by atoms with E-state index >= 15 is 0 Å². The number of anilines is 1. The zero-order chi connectivity index (χ0) is 10.0. The monoisotopic (exact) mass is 254 g/mol. The topological polar surface area (TPSA) is 24.9 Å². The average molecular weight is 255 g/mol. The predicted octanol–water partition coefficient (Wildman–Crippen LogP) is 3.59. The third-order valence-corrected chi connectivity index (χ3v) is 3.54. The first-order valence-corrected chi connectivity index (χ1v) is 5.94. The van der Waals surface area contributed by atoms with Gasteiger partial charge in [0.25, 0.3) is 0 Å². The fourth-order valence-corrected chi connectivity index (χ4v) is 2.26. The summed E-state index contributed by atoms with van der Waals surface area (Å²) >= 11 is 3.38. The van der Waals surface area contributed by atoms with Gasteiger partial charge in [-0.05, 0) is 53.7 Å². The van der Waals surface area contributed by atoms with Crippen LogP contribution in [0.25, 0.3) is 0 Å². The molecule has 1 saturated carbocycles. The molecule has 0 aromatic carbocycles. The molecule has 2 nitrogen and oxygen atoms in total. The summed E-state index contributed by atoms with van der Waals surface area (Å²) in [6, 6.07) is 5.99. The number of rotatable bonds is 3. The van der Waals surface area contributed by atoms with Crippen molar-refractivity contribution >= 4 is 21.7 Å². The SMILES string of the molecule is CCC1(Nc2cccc(Br)n2)CCC1. The molecule has 0 amide bonds. The smallest absolute Gasteiger partial charge is 0.127 e. The summed E-state index contributed by atoms with van der Waals surface area (Å²) in [4.78, 5) is 4.39. The third-order valence-electron chi connectivity index (χ3n) is 3.10. The summed E-state index contributed by atoms with van der Waals surface area (Å²) in [7, 11) is 0. The van der Waals surface area contributed by atoms with Crippen LogP contribution in [0.5, 0.6) is 0 Å². The van der Waals surface area contributed by atoms with E-state index in [1.54, 1.807) is 0 Å². The van der Waals surface area contributed by atoms with Crippen molar-refractivity contribution in [2.45, 2.75) is 38.1 Å². The Morgan fingerprint density at radius 1 is 1.50 bits per heavy atom. The quantitative estimate of drug-likeness (QED) is 0.835. The van der Waals surface area contributed by atoms with Gasteiger partial charge in [0.1, 0.15) is 10.4 Å². The molecule has 2 rings (SSSR count). The van der Waals surface area contributed by atoms with Gasteiger partial charge in [-0.2, -0.15) is 0 Å². The van der Waals surface area contributed by atoms with Crippen molar-refractivity contribution < 1.29 is 0 Å². The summed E-state index contributed by atoms with van der Waals surface area (Å²) in [5.74, 6) is 0.987. The van der Waals surface area contributed by atoms with E-state index in [1.165, 1.54) is 25.7 Å². The van der Waals surface area contributed by atoms with E-state index in [4.69, 9.17) is 0 Å². The lowest BCUT2D eigenvalue weighted by atomic mass is 9.75. The summed E-state index contributed by atoms with van der Waals surface area (Å²) < 4.78 is 0.896. The first-order chi connectivity index (χ1) is 6.74. The van der Waals surface area contributed by atoms with Gasteiger partial charge in [-0.3, -0.25) is 0 Å². The van der Waals surface area contributed by atoms with Gasteiger partial charge in [0.2, 0.25) is 0 Å². The minimum atomic E-state index is 0.327. The third kappa shape index (κ3) is 1.92. The van der Waals surface area contributed by atoms with Gasteiger partial charge in [0, 0.05) is 5.54 Å². The van der Waals surface area contributed by atoms with E-state index in [0.29, 0.717) is 5.54 Å². The summed E-state index contributed by atoms with van der Waals surface area (Å²) in [6.45, 7) is 2.24. The van der Waals surface area contributed by atoms with Crippen LogP contribution in [0.2, 0.25) is 0 Å². The van der Waals surface area contributed by atoms with Crippen LogP contribution in [0, 0.1) is 0 Å². The molecule has 1 N–H and O–H groups in total. The molecule has 0 atom stereocenters. The molecule has 76 valence electrons. The molecule has 1 aliphatic carbocycles. The Morgan fingerprint density at radius 2 is 2.29 bits per heavy atom. The van der Waals surface area contributed by atoms with Crippen LogP contribution in [0.3, 0.4) is 0 Å². The standard InChI is InChI=1S/C11H15BrN2/c1-2-11(7-4-8-11)14-10-6-3-5-9(12)13-10/h3,5-6H,2,4,7-8H2,1H3,(H,13,14). The van der Waals surface area contributed by atoms with Crippen molar-refractivity contribution in [3.05, 3.63) is 22.8 Å². The van der Waals surface area contributed by atoms with E-state index in [2.05, 4.69) is 33.2 Å². The molecule has 0 unspecified atom stereocenters. The number of nitrogens with zero attached hydrogens (tertiary/aromatic N) is 1. The molecule has 0 aliphatic heterocycles. The Labute approximate surface area is 93.3 Å². The van der Waals surface area contributed by atoms with Crippen LogP contribution < -0.4 is 5.32 Å². The summed E-state index contributed by atoms with van der Waals surface area (Å²) in [5, 5.41) is 3.54. The normalized spacial score (nSPS) is 18.7. The lowest BCUT2D eigenvalue weighted by molar-refractivity contribution is 0.269. The first-order valence-electron chi connectivity index (χ1n) is 5.15. The van der Waals surface area contributed by atoms with Crippen LogP contribution in [-0.2, 0) is 0 Å². The zero-order valence-corrected chi connectivity index (χ0v) is 9.97. The highest BCUT2D eigenvalue weighted by molar-refractivity contribution is 9.10. The van der Waals surface area contributed by atoms with E-state index in [1.807, 2.05) is 18.2 Å². The maximum absolute atomic E-state index is 4.39. The molecule has 3 heteroatoms. The minimum Gasteiger partial charge on any atom is -0.365 e. The van der Waals surface area contributed by atoms with Gasteiger partial charge >= 0.3 is 0 Å². The molecule has 0 radical (unpaired) electrons. The fourth-order valence-electron chi connectivity index (χ4n) is 1.92. The van der Waals surface area contributed by atoms with Crippen molar-refractivity contribution in [3.63, 3.8) is 0 Å². The van der Waals surface area contributed by atoms with Gasteiger partial charge in [-0.25, -0.2) is 4.98 Å². The highest BCUT2D eigenvalue weighted by Crippen LogP contribution is 2.37. The summed E-state index contributed by atoms with van der Waals surface area (Å²) in [5.41, 5.74) is 0.327. The van der Waals surface area contributed by atoms with E-state index in [-0.39, 0.29) is 0 Å². The molecular formula is C11H15BrN2. The maximum Gasteiger partial charge on any atom is 0.127 e. The van der Waals surface area contributed by atoms with Crippen LogP contribution >= 0.6 is 15.9 Å². The number of nitrogens with one attached hydrogen (secondary N) is 1. The van der Waals surface area contributed by atoms with Crippen molar-refractivity contribution in [2.75, 3.05) is 5.32 Å². The van der Waals surface area contributed by atoms with Crippen LogP contribution in [0.1, 0.15) is 32.6 Å². The van der Waals surface area contributed by atoms with Crippen molar-refractivity contribution in [1.82, 2.24) is 4.98 Å². The first kappa shape index (κ1) is 9.97. The van der Waals surface area contributed by atoms with Crippen molar-refractivity contribution in [2.24, 2.45) is 0 Å². The highest BCUT2D eigenvalue weighted by Gasteiger charge is 2.34. The van der Waals surface area contributed by atoms with Crippen molar-refractivity contribution in [3.8, 4) is 0 Å². The van der Waals surface area contributed by atoms with Gasteiger partial charge in [0.15, 0.2) is 0 Å². The van der Waals surface area contributed by atoms with Crippen LogP contribution in [0.15, 0.2) is 22.8 Å². The largest absolute Gasteiger partial charge is 0.365 e. The van der Waals surface area contributed by atoms with Crippen LogP contribution in [0.4, 0.5) is 5.82 Å². The molecule has 1 fully saturated rings. The van der Waals surface area contributed by atoms with Crippen molar-refractivity contribution in [1.29, 1.82) is 0 Å². The molecule has 0 spiro atoms. The number of halogens is 1. The van der Waals surface area contributed by atoms with Gasteiger partial charge in [-0.15, -0.1) is 0 Å². The van der Waals surface area contributed by atoms with Gasteiger partial charge in [-0.1, -0.05) is 13.0 Å². The lowest BCUT2D eigenvalue weighted by Crippen LogP contribution is -2.44. The Balaban J connectivity index is 2.09. The van der Waals surface area contributed by atoms with Crippen LogP contribution in [-0.4, -0.2) is 10.5 Å². The lowest BCUT2D eigenvalue weighted by Gasteiger charge is -2.42. The zero-order valence-electron chi connectivity index (χ0n) is 8.39. The predicted molar refractivity (Wildman–Crippen MR) is 62.4 cm³/mol. The molecular weight excluding hydrogens is 240 g/mol.